The summed E-state index contributed by atoms with van der Waals surface area (Å²) in [5, 5.41) is 6.50. The summed E-state index contributed by atoms with van der Waals surface area (Å²) < 4.78 is 0. The van der Waals surface area contributed by atoms with Crippen LogP contribution in [0.3, 0.4) is 0 Å². The maximum atomic E-state index is 12.9. The minimum absolute atomic E-state index is 0.111. The number of nitrogens with zero attached hydrogens (tertiary/aromatic N) is 2. The molecule has 2 aromatic rings. The van der Waals surface area contributed by atoms with Crippen LogP contribution in [0.5, 0.6) is 0 Å². The van der Waals surface area contributed by atoms with Gasteiger partial charge in [0.2, 0.25) is 5.91 Å². The normalized spacial score (nSPS) is 25.1. The number of fused-ring (bicyclic) bond motifs is 1. The Kier molecular flexibility index (Phi) is 5.60. The molecule has 2 saturated heterocycles. The molecule has 4 rings (SSSR count). The summed E-state index contributed by atoms with van der Waals surface area (Å²) in [6.07, 6.45) is 4.10. The summed E-state index contributed by atoms with van der Waals surface area (Å²) in [6.45, 7) is 6.13. The second-order valence-corrected chi connectivity index (χ2v) is 8.98. The van der Waals surface area contributed by atoms with Crippen molar-refractivity contribution in [3.05, 3.63) is 52.0 Å². The zero-order valence-corrected chi connectivity index (χ0v) is 17.0. The fourth-order valence-corrected chi connectivity index (χ4v) is 5.47. The fraction of sp³-hybridized carbons (Fsp3) is 0.545. The van der Waals surface area contributed by atoms with Crippen LogP contribution in [0.15, 0.2) is 35.7 Å². The van der Waals surface area contributed by atoms with Gasteiger partial charge in [0, 0.05) is 36.3 Å². The number of nitrogens with one attached hydrogen (secondary N) is 1. The molecular formula is C22H29N3OS. The Morgan fingerprint density at radius 3 is 2.89 bits per heavy atom. The maximum absolute atomic E-state index is 12.9. The van der Waals surface area contributed by atoms with E-state index in [1.807, 2.05) is 0 Å². The predicted octanol–water partition coefficient (Wildman–Crippen LogP) is 4.15. The molecular weight excluding hydrogens is 354 g/mol. The van der Waals surface area contributed by atoms with Crippen molar-refractivity contribution in [3.63, 3.8) is 0 Å². The van der Waals surface area contributed by atoms with Gasteiger partial charge in [0.05, 0.1) is 16.6 Å². The Balaban J connectivity index is 1.35. The second-order valence-electron chi connectivity index (χ2n) is 8.09. The monoisotopic (exact) mass is 383 g/mol. The molecule has 144 valence electrons. The van der Waals surface area contributed by atoms with E-state index in [2.05, 4.69) is 64.8 Å². The van der Waals surface area contributed by atoms with Gasteiger partial charge in [-0.05, 0) is 31.4 Å². The summed E-state index contributed by atoms with van der Waals surface area (Å²) in [5.74, 6) is 0.809. The lowest BCUT2D eigenvalue weighted by molar-refractivity contribution is -0.125. The van der Waals surface area contributed by atoms with Gasteiger partial charge in [0.15, 0.2) is 0 Å². The molecule has 4 nitrogen and oxygen atoms in total. The van der Waals surface area contributed by atoms with Gasteiger partial charge in [-0.2, -0.15) is 0 Å². The van der Waals surface area contributed by atoms with Crippen LogP contribution in [0.1, 0.15) is 61.3 Å². The van der Waals surface area contributed by atoms with Gasteiger partial charge in [-0.15, -0.1) is 11.3 Å². The van der Waals surface area contributed by atoms with E-state index >= 15 is 0 Å². The average Bonchev–Trinajstić information content (AvgIpc) is 3.38. The molecule has 27 heavy (non-hydrogen) atoms. The standard InChI is InChI=1S/C22H29N3OS/c1-15(2)22-24-17(14-27-22)10-11-23-21(26)18-13-20(16-7-4-3-5-8-16)25-12-6-9-19(18)25/h3-5,7-8,14-15,18-20H,6,9-13H2,1-2H3,(H,23,26)/t18-,19+,20-/m0/s1. The first-order valence-corrected chi connectivity index (χ1v) is 11.0. The van der Waals surface area contributed by atoms with Crippen molar-refractivity contribution in [1.29, 1.82) is 0 Å². The summed E-state index contributed by atoms with van der Waals surface area (Å²) >= 11 is 1.72. The minimum atomic E-state index is 0.111. The molecule has 0 radical (unpaired) electrons. The van der Waals surface area contributed by atoms with E-state index in [1.165, 1.54) is 17.0 Å². The van der Waals surface area contributed by atoms with Gasteiger partial charge in [-0.25, -0.2) is 4.98 Å². The van der Waals surface area contributed by atoms with Crippen molar-refractivity contribution in [2.24, 2.45) is 5.92 Å². The van der Waals surface area contributed by atoms with Crippen LogP contribution in [-0.4, -0.2) is 34.9 Å². The Hall–Kier alpha value is -1.72. The zero-order chi connectivity index (χ0) is 18.8. The van der Waals surface area contributed by atoms with Gasteiger partial charge in [-0.3, -0.25) is 9.69 Å². The summed E-state index contributed by atoms with van der Waals surface area (Å²) in [7, 11) is 0. The van der Waals surface area contributed by atoms with Crippen LogP contribution >= 0.6 is 11.3 Å². The first-order valence-electron chi connectivity index (χ1n) is 10.2. The molecule has 3 heterocycles. The van der Waals surface area contributed by atoms with Crippen LogP contribution in [0, 0.1) is 5.92 Å². The molecule has 0 bridgehead atoms. The Bertz CT molecular complexity index is 773. The molecule has 0 unspecified atom stereocenters. The first-order chi connectivity index (χ1) is 13.1. The molecule has 1 amide bonds. The largest absolute Gasteiger partial charge is 0.355 e. The van der Waals surface area contributed by atoms with Crippen LogP contribution in [-0.2, 0) is 11.2 Å². The number of carbonyl (C=O) groups is 1. The summed E-state index contributed by atoms with van der Waals surface area (Å²) in [4.78, 5) is 20.1. The minimum Gasteiger partial charge on any atom is -0.355 e. The smallest absolute Gasteiger partial charge is 0.224 e. The lowest BCUT2D eigenvalue weighted by Crippen LogP contribution is -2.38. The summed E-state index contributed by atoms with van der Waals surface area (Å²) in [5.41, 5.74) is 2.45. The molecule has 0 aliphatic carbocycles. The number of hydrogen-bond acceptors (Lipinski definition) is 4. The Morgan fingerprint density at radius 1 is 1.33 bits per heavy atom. The summed E-state index contributed by atoms with van der Waals surface area (Å²) in [6, 6.07) is 11.5. The van der Waals surface area contributed by atoms with E-state index in [0.717, 1.165) is 31.5 Å². The molecule has 2 aliphatic heterocycles. The average molecular weight is 384 g/mol. The van der Waals surface area contributed by atoms with Gasteiger partial charge in [0.25, 0.3) is 0 Å². The quantitative estimate of drug-likeness (QED) is 0.815. The van der Waals surface area contributed by atoms with Gasteiger partial charge in [0.1, 0.15) is 0 Å². The highest BCUT2D eigenvalue weighted by molar-refractivity contribution is 7.09. The fourth-order valence-electron chi connectivity index (χ4n) is 4.60. The van der Waals surface area contributed by atoms with Crippen LogP contribution in [0.25, 0.3) is 0 Å². The van der Waals surface area contributed by atoms with Crippen molar-refractivity contribution in [1.82, 2.24) is 15.2 Å². The van der Waals surface area contributed by atoms with Crippen molar-refractivity contribution >= 4 is 17.2 Å². The third kappa shape index (κ3) is 3.94. The van der Waals surface area contributed by atoms with Crippen molar-refractivity contribution < 1.29 is 4.79 Å². The topological polar surface area (TPSA) is 45.2 Å². The first kappa shape index (κ1) is 18.6. The van der Waals surface area contributed by atoms with Crippen LogP contribution in [0.2, 0.25) is 0 Å². The second kappa shape index (κ2) is 8.11. The van der Waals surface area contributed by atoms with Gasteiger partial charge < -0.3 is 5.32 Å². The highest BCUT2D eigenvalue weighted by Gasteiger charge is 2.46. The third-order valence-corrected chi connectivity index (χ3v) is 7.14. The Morgan fingerprint density at radius 2 is 2.15 bits per heavy atom. The van der Waals surface area contributed by atoms with E-state index in [4.69, 9.17) is 0 Å². The highest BCUT2D eigenvalue weighted by atomic mass is 32.1. The molecule has 1 aromatic heterocycles. The SMILES string of the molecule is CC(C)c1nc(CCNC(=O)[C@H]2C[C@@H](c3ccccc3)N3CCC[C@H]23)cs1. The van der Waals surface area contributed by atoms with Crippen molar-refractivity contribution in [3.8, 4) is 0 Å². The maximum Gasteiger partial charge on any atom is 0.224 e. The molecule has 5 heteroatoms. The molecule has 2 aliphatic rings. The number of carbonyl (C=O) groups excluding carboxylic acids is 1. The zero-order valence-electron chi connectivity index (χ0n) is 16.2. The number of benzene rings is 1. The lowest BCUT2D eigenvalue weighted by Gasteiger charge is -2.24. The Labute approximate surface area is 166 Å². The van der Waals surface area contributed by atoms with Gasteiger partial charge in [-0.1, -0.05) is 44.2 Å². The molecule has 1 N–H and O–H groups in total. The molecule has 3 atom stereocenters. The van der Waals surface area contributed by atoms with E-state index in [1.54, 1.807) is 11.3 Å². The van der Waals surface area contributed by atoms with Crippen LogP contribution < -0.4 is 5.32 Å². The molecule has 2 fully saturated rings. The lowest BCUT2D eigenvalue weighted by atomic mass is 9.93. The number of amides is 1. The predicted molar refractivity (Wildman–Crippen MR) is 110 cm³/mol. The van der Waals surface area contributed by atoms with Crippen LogP contribution in [0.4, 0.5) is 0 Å². The number of thiazole rings is 1. The van der Waals surface area contributed by atoms with Gasteiger partial charge >= 0.3 is 0 Å². The van der Waals surface area contributed by atoms with Crippen molar-refractivity contribution in [2.75, 3.05) is 13.1 Å². The highest BCUT2D eigenvalue weighted by Crippen LogP contribution is 2.44. The number of rotatable bonds is 6. The van der Waals surface area contributed by atoms with E-state index in [-0.39, 0.29) is 11.8 Å². The number of aromatic nitrogens is 1. The third-order valence-electron chi connectivity index (χ3n) is 5.95. The van der Waals surface area contributed by atoms with Crippen molar-refractivity contribution in [2.45, 2.75) is 57.5 Å². The number of hydrogen-bond donors (Lipinski definition) is 1. The molecule has 1 aromatic carbocycles. The van der Waals surface area contributed by atoms with E-state index < -0.39 is 0 Å². The molecule has 0 spiro atoms. The molecule has 0 saturated carbocycles. The van der Waals surface area contributed by atoms with E-state index in [0.29, 0.717) is 24.5 Å². The van der Waals surface area contributed by atoms with E-state index in [9.17, 15) is 4.79 Å².